The molecule has 0 radical (unpaired) electrons. The maximum absolute atomic E-state index is 11.5. The molecule has 0 aromatic heterocycles. The molecule has 1 N–H and O–H groups in total. The Morgan fingerprint density at radius 1 is 1.15 bits per heavy atom. The van der Waals surface area contributed by atoms with Gasteiger partial charge in [0.1, 0.15) is 0 Å². The highest BCUT2D eigenvalue weighted by atomic mass is 16.1. The molecule has 2 aliphatic heterocycles. The van der Waals surface area contributed by atoms with E-state index in [1.165, 1.54) is 58.3 Å². The third-order valence-electron chi connectivity index (χ3n) is 5.06. The quantitative estimate of drug-likeness (QED) is 0.833. The fourth-order valence-electron chi connectivity index (χ4n) is 3.63. The van der Waals surface area contributed by atoms with Crippen molar-refractivity contribution in [3.8, 4) is 0 Å². The monoisotopic (exact) mass is 281 g/mol. The zero-order valence-corrected chi connectivity index (χ0v) is 13.2. The summed E-state index contributed by atoms with van der Waals surface area (Å²) in [5, 5.41) is 2.74. The number of nitrogens with zero attached hydrogens (tertiary/aromatic N) is 2. The lowest BCUT2D eigenvalue weighted by molar-refractivity contribution is -0.121. The minimum atomic E-state index is 0.190. The Hall–Kier alpha value is -0.610. The molecule has 2 saturated heterocycles. The van der Waals surface area contributed by atoms with Crippen molar-refractivity contribution in [1.82, 2.24) is 15.1 Å². The molecule has 0 aromatic rings. The number of carbonyl (C=O) groups is 1. The van der Waals surface area contributed by atoms with Gasteiger partial charge in [-0.05, 0) is 64.7 Å². The summed E-state index contributed by atoms with van der Waals surface area (Å²) >= 11 is 0. The van der Waals surface area contributed by atoms with E-state index in [9.17, 15) is 4.79 Å². The molecule has 0 bridgehead atoms. The fraction of sp³-hybridized carbons (Fsp3) is 0.938. The first-order valence-electron chi connectivity index (χ1n) is 8.32. The summed E-state index contributed by atoms with van der Waals surface area (Å²) in [6.07, 6.45) is 8.36. The summed E-state index contributed by atoms with van der Waals surface area (Å²) in [6, 6.07) is 0.640. The summed E-state index contributed by atoms with van der Waals surface area (Å²) in [7, 11) is 3.96. The van der Waals surface area contributed by atoms with E-state index >= 15 is 0 Å². The molecule has 1 unspecified atom stereocenters. The Kier molecular flexibility index (Phi) is 6.30. The second kappa shape index (κ2) is 7.99. The van der Waals surface area contributed by atoms with Gasteiger partial charge in [-0.3, -0.25) is 4.79 Å². The molecule has 0 saturated carbocycles. The Balaban J connectivity index is 1.78. The molecule has 116 valence electrons. The highest BCUT2D eigenvalue weighted by Gasteiger charge is 2.26. The molecular weight excluding hydrogens is 250 g/mol. The Labute approximate surface area is 123 Å². The standard InChI is InChI=1S/C16H31N3O/c1-17-16(20)7-6-15-5-3-4-10-19(15)13-14-8-11-18(2)12-9-14/h14-15H,3-13H2,1-2H3,(H,17,20). The van der Waals surface area contributed by atoms with Gasteiger partial charge in [-0.25, -0.2) is 0 Å². The molecule has 0 aromatic carbocycles. The van der Waals surface area contributed by atoms with Crippen molar-refractivity contribution in [2.24, 2.45) is 5.92 Å². The molecule has 0 aliphatic carbocycles. The van der Waals surface area contributed by atoms with Crippen LogP contribution in [0.15, 0.2) is 0 Å². The fourth-order valence-corrected chi connectivity index (χ4v) is 3.63. The van der Waals surface area contributed by atoms with Crippen LogP contribution < -0.4 is 5.32 Å². The highest BCUT2D eigenvalue weighted by Crippen LogP contribution is 2.25. The largest absolute Gasteiger partial charge is 0.359 e. The van der Waals surface area contributed by atoms with E-state index in [1.54, 1.807) is 7.05 Å². The van der Waals surface area contributed by atoms with Crippen molar-refractivity contribution in [1.29, 1.82) is 0 Å². The van der Waals surface area contributed by atoms with Gasteiger partial charge in [-0.2, -0.15) is 0 Å². The molecule has 4 nitrogen and oxygen atoms in total. The smallest absolute Gasteiger partial charge is 0.219 e. The number of amides is 1. The van der Waals surface area contributed by atoms with Crippen LogP contribution in [0.4, 0.5) is 0 Å². The first kappa shape index (κ1) is 15.8. The number of piperidine rings is 2. The maximum atomic E-state index is 11.5. The maximum Gasteiger partial charge on any atom is 0.219 e. The molecule has 2 fully saturated rings. The van der Waals surface area contributed by atoms with E-state index in [0.717, 1.165) is 12.3 Å². The van der Waals surface area contributed by atoms with E-state index in [2.05, 4.69) is 22.2 Å². The van der Waals surface area contributed by atoms with Crippen LogP contribution in [-0.2, 0) is 4.79 Å². The van der Waals surface area contributed by atoms with Gasteiger partial charge < -0.3 is 15.1 Å². The molecule has 2 heterocycles. The first-order valence-corrected chi connectivity index (χ1v) is 8.32. The van der Waals surface area contributed by atoms with Gasteiger partial charge in [0.2, 0.25) is 5.91 Å². The van der Waals surface area contributed by atoms with Gasteiger partial charge in [-0.1, -0.05) is 6.42 Å². The minimum absolute atomic E-state index is 0.190. The molecule has 2 rings (SSSR count). The predicted molar refractivity (Wildman–Crippen MR) is 82.7 cm³/mol. The Morgan fingerprint density at radius 2 is 1.90 bits per heavy atom. The van der Waals surface area contributed by atoms with Gasteiger partial charge in [0.25, 0.3) is 0 Å². The van der Waals surface area contributed by atoms with E-state index in [4.69, 9.17) is 0 Å². The van der Waals surface area contributed by atoms with Crippen LogP contribution >= 0.6 is 0 Å². The lowest BCUT2D eigenvalue weighted by atomic mass is 9.92. The van der Waals surface area contributed by atoms with Crippen LogP contribution in [0.2, 0.25) is 0 Å². The van der Waals surface area contributed by atoms with Crippen molar-refractivity contribution in [3.63, 3.8) is 0 Å². The van der Waals surface area contributed by atoms with Gasteiger partial charge in [0.15, 0.2) is 0 Å². The molecule has 2 aliphatic rings. The zero-order chi connectivity index (χ0) is 14.4. The number of rotatable bonds is 5. The third kappa shape index (κ3) is 4.74. The average Bonchev–Trinajstić information content (AvgIpc) is 2.48. The average molecular weight is 281 g/mol. The molecule has 1 amide bonds. The van der Waals surface area contributed by atoms with Gasteiger partial charge in [0, 0.05) is 26.1 Å². The van der Waals surface area contributed by atoms with E-state index < -0.39 is 0 Å². The second-order valence-electron chi connectivity index (χ2n) is 6.60. The number of likely N-dealkylation sites (tertiary alicyclic amines) is 2. The zero-order valence-electron chi connectivity index (χ0n) is 13.2. The van der Waals surface area contributed by atoms with Crippen LogP contribution in [0, 0.1) is 5.92 Å². The summed E-state index contributed by atoms with van der Waals surface area (Å²) in [5.41, 5.74) is 0. The molecule has 1 atom stereocenters. The van der Waals surface area contributed by atoms with Crippen molar-refractivity contribution in [3.05, 3.63) is 0 Å². The van der Waals surface area contributed by atoms with Crippen molar-refractivity contribution in [2.75, 3.05) is 40.3 Å². The number of hydrogen-bond acceptors (Lipinski definition) is 3. The van der Waals surface area contributed by atoms with Crippen LogP contribution in [0.25, 0.3) is 0 Å². The van der Waals surface area contributed by atoms with E-state index in [0.29, 0.717) is 12.5 Å². The summed E-state index contributed by atoms with van der Waals surface area (Å²) in [6.45, 7) is 5.00. The summed E-state index contributed by atoms with van der Waals surface area (Å²) in [4.78, 5) is 16.6. The lowest BCUT2D eigenvalue weighted by Crippen LogP contribution is -2.44. The number of carbonyl (C=O) groups excluding carboxylic acids is 1. The van der Waals surface area contributed by atoms with Gasteiger partial charge in [-0.15, -0.1) is 0 Å². The number of hydrogen-bond donors (Lipinski definition) is 1. The Bertz CT molecular complexity index is 300. The van der Waals surface area contributed by atoms with Crippen molar-refractivity contribution in [2.45, 2.75) is 51.0 Å². The molecule has 20 heavy (non-hydrogen) atoms. The lowest BCUT2D eigenvalue weighted by Gasteiger charge is -2.39. The van der Waals surface area contributed by atoms with Gasteiger partial charge >= 0.3 is 0 Å². The van der Waals surface area contributed by atoms with E-state index in [1.807, 2.05) is 0 Å². The van der Waals surface area contributed by atoms with Crippen LogP contribution in [0.3, 0.4) is 0 Å². The topological polar surface area (TPSA) is 35.6 Å². The van der Waals surface area contributed by atoms with Crippen molar-refractivity contribution < 1.29 is 4.79 Å². The third-order valence-corrected chi connectivity index (χ3v) is 5.06. The van der Waals surface area contributed by atoms with Crippen LogP contribution in [0.1, 0.15) is 44.9 Å². The second-order valence-corrected chi connectivity index (χ2v) is 6.60. The van der Waals surface area contributed by atoms with Gasteiger partial charge in [0.05, 0.1) is 0 Å². The Morgan fingerprint density at radius 3 is 2.60 bits per heavy atom. The minimum Gasteiger partial charge on any atom is -0.359 e. The van der Waals surface area contributed by atoms with Crippen molar-refractivity contribution >= 4 is 5.91 Å². The SMILES string of the molecule is CNC(=O)CCC1CCCCN1CC1CCN(C)CC1. The number of nitrogens with one attached hydrogen (secondary N) is 1. The van der Waals surface area contributed by atoms with Crippen LogP contribution in [0.5, 0.6) is 0 Å². The normalized spacial score (nSPS) is 26.6. The molecule has 0 spiro atoms. The molecular formula is C16H31N3O. The van der Waals surface area contributed by atoms with Crippen LogP contribution in [-0.4, -0.2) is 62.0 Å². The summed E-state index contributed by atoms with van der Waals surface area (Å²) < 4.78 is 0. The molecule has 4 heteroatoms. The first-order chi connectivity index (χ1) is 9.69. The predicted octanol–water partition coefficient (Wildman–Crippen LogP) is 1.71. The highest BCUT2D eigenvalue weighted by molar-refractivity contribution is 5.75. The van der Waals surface area contributed by atoms with E-state index in [-0.39, 0.29) is 5.91 Å². The summed E-state index contributed by atoms with van der Waals surface area (Å²) in [5.74, 6) is 1.06.